The molecule has 0 radical (unpaired) electrons. The van der Waals surface area contributed by atoms with E-state index in [9.17, 15) is 19.5 Å². The van der Waals surface area contributed by atoms with Crippen molar-refractivity contribution in [2.75, 3.05) is 6.61 Å². The summed E-state index contributed by atoms with van der Waals surface area (Å²) in [6.45, 7) is 0.828. The number of aryl methyl sites for hydroxylation is 1. The molecule has 0 aliphatic rings. The van der Waals surface area contributed by atoms with E-state index >= 15 is 0 Å². The van der Waals surface area contributed by atoms with E-state index < -0.39 is 5.97 Å². The van der Waals surface area contributed by atoms with Crippen LogP contribution in [0.3, 0.4) is 0 Å². The summed E-state index contributed by atoms with van der Waals surface area (Å²) >= 11 is 0.883. The zero-order valence-corrected chi connectivity index (χ0v) is 16.3. The van der Waals surface area contributed by atoms with E-state index in [-0.39, 0.29) is 40.8 Å². The van der Waals surface area contributed by atoms with E-state index in [0.717, 1.165) is 17.1 Å². The number of aromatic nitrogens is 2. The van der Waals surface area contributed by atoms with Crippen LogP contribution in [0.4, 0.5) is 0 Å². The molecule has 1 aromatic heterocycles. The summed E-state index contributed by atoms with van der Waals surface area (Å²) in [4.78, 5) is 35.5. The average Bonchev–Trinajstić information content (AvgIpc) is 2.96. The van der Waals surface area contributed by atoms with E-state index in [1.807, 2.05) is 30.3 Å². The van der Waals surface area contributed by atoms with Gasteiger partial charge >= 0.3 is 16.5 Å². The Kier molecular flexibility index (Phi) is 6.50. The summed E-state index contributed by atoms with van der Waals surface area (Å²) in [6, 6.07) is 13.6. The molecule has 3 rings (SSSR count). The summed E-state index contributed by atoms with van der Waals surface area (Å²) in [7, 11) is 0. The van der Waals surface area contributed by atoms with E-state index in [1.165, 1.54) is 26.7 Å². The molecule has 9 heteroatoms. The molecule has 0 atom stereocenters. The summed E-state index contributed by atoms with van der Waals surface area (Å²) in [5.74, 6) is -1.53. The highest BCUT2D eigenvalue weighted by molar-refractivity contribution is 7.03. The van der Waals surface area contributed by atoms with Crippen molar-refractivity contribution in [3.05, 3.63) is 79.8 Å². The first-order valence-corrected chi connectivity index (χ1v) is 9.77. The largest absolute Gasteiger partial charge is 0.507 e. The van der Waals surface area contributed by atoms with E-state index in [4.69, 9.17) is 9.84 Å². The summed E-state index contributed by atoms with van der Waals surface area (Å²) in [5.41, 5.74) is 0.260. The van der Waals surface area contributed by atoms with Crippen molar-refractivity contribution < 1.29 is 19.7 Å². The zero-order chi connectivity index (χ0) is 20.8. The third-order valence-corrected chi connectivity index (χ3v) is 5.20. The summed E-state index contributed by atoms with van der Waals surface area (Å²) < 4.78 is 8.09. The maximum absolute atomic E-state index is 12.4. The van der Waals surface area contributed by atoms with Crippen LogP contribution >= 0.6 is 11.5 Å². The third kappa shape index (κ3) is 4.94. The number of carboxylic acids is 1. The van der Waals surface area contributed by atoms with Crippen LogP contribution in [-0.2, 0) is 13.1 Å². The van der Waals surface area contributed by atoms with E-state index in [1.54, 1.807) is 0 Å². The van der Waals surface area contributed by atoms with Crippen molar-refractivity contribution in [1.29, 1.82) is 0 Å². The maximum Gasteiger partial charge on any atom is 0.343 e. The van der Waals surface area contributed by atoms with Crippen molar-refractivity contribution in [2.24, 2.45) is 0 Å². The van der Waals surface area contributed by atoms with Gasteiger partial charge in [0.15, 0.2) is 0 Å². The lowest BCUT2D eigenvalue weighted by molar-refractivity contribution is 0.0688. The SMILES string of the molecule is O=C(O)c1c(O)cccc1OCCCCn1sc(=O)n(Cc2ccccc2)c1=O. The second kappa shape index (κ2) is 9.24. The minimum absolute atomic E-state index is 0.0911. The Labute approximate surface area is 170 Å². The molecule has 1 heterocycles. The van der Waals surface area contributed by atoms with E-state index in [0.29, 0.717) is 19.4 Å². The highest BCUT2D eigenvalue weighted by atomic mass is 32.1. The lowest BCUT2D eigenvalue weighted by atomic mass is 10.2. The standard InChI is InChI=1S/C20H20N2O6S/c23-15-9-6-10-16(17(15)18(24)25)28-12-5-4-11-22-19(26)21(20(27)29-22)13-14-7-2-1-3-8-14/h1-3,6-10,23H,4-5,11-13H2,(H,24,25). The van der Waals surface area contributed by atoms with Gasteiger partial charge in [0.2, 0.25) is 0 Å². The molecule has 29 heavy (non-hydrogen) atoms. The molecule has 0 aliphatic carbocycles. The van der Waals surface area contributed by atoms with Crippen LogP contribution in [0.1, 0.15) is 28.8 Å². The van der Waals surface area contributed by atoms with Gasteiger partial charge in [0.25, 0.3) is 0 Å². The van der Waals surface area contributed by atoms with Crippen molar-refractivity contribution in [1.82, 2.24) is 8.52 Å². The lowest BCUT2D eigenvalue weighted by Gasteiger charge is -2.10. The van der Waals surface area contributed by atoms with Gasteiger partial charge in [-0.2, -0.15) is 0 Å². The van der Waals surface area contributed by atoms with Crippen LogP contribution in [-0.4, -0.2) is 31.3 Å². The molecule has 2 aromatic carbocycles. The van der Waals surface area contributed by atoms with Gasteiger partial charge in [0.1, 0.15) is 17.1 Å². The molecule has 152 valence electrons. The fourth-order valence-corrected chi connectivity index (χ4v) is 3.66. The molecule has 0 saturated heterocycles. The number of rotatable bonds is 9. The Morgan fingerprint density at radius 3 is 2.52 bits per heavy atom. The average molecular weight is 416 g/mol. The first-order chi connectivity index (χ1) is 14.0. The summed E-state index contributed by atoms with van der Waals surface area (Å²) in [5, 5.41) is 18.8. The Morgan fingerprint density at radius 2 is 1.79 bits per heavy atom. The van der Waals surface area contributed by atoms with Gasteiger partial charge in [-0.05, 0) is 30.5 Å². The van der Waals surface area contributed by atoms with Gasteiger partial charge in [-0.1, -0.05) is 36.4 Å². The first kappa shape index (κ1) is 20.4. The number of hydrogen-bond acceptors (Lipinski definition) is 6. The number of hydrogen-bond donors (Lipinski definition) is 2. The number of aromatic hydroxyl groups is 1. The number of phenols is 1. The lowest BCUT2D eigenvalue weighted by Crippen LogP contribution is -2.29. The minimum Gasteiger partial charge on any atom is -0.507 e. The van der Waals surface area contributed by atoms with Crippen molar-refractivity contribution in [2.45, 2.75) is 25.9 Å². The molecule has 0 spiro atoms. The molecule has 0 amide bonds. The Morgan fingerprint density at radius 1 is 1.03 bits per heavy atom. The van der Waals surface area contributed by atoms with Crippen molar-refractivity contribution in [3.8, 4) is 11.5 Å². The maximum atomic E-state index is 12.4. The molecule has 0 unspecified atom stereocenters. The van der Waals surface area contributed by atoms with Crippen LogP contribution in [0.2, 0.25) is 0 Å². The van der Waals surface area contributed by atoms with Crippen LogP contribution in [0, 0.1) is 0 Å². The number of ether oxygens (including phenoxy) is 1. The van der Waals surface area contributed by atoms with Gasteiger partial charge in [0, 0.05) is 18.1 Å². The molecule has 0 fully saturated rings. The van der Waals surface area contributed by atoms with Crippen molar-refractivity contribution in [3.63, 3.8) is 0 Å². The van der Waals surface area contributed by atoms with Gasteiger partial charge < -0.3 is 14.9 Å². The Balaban J connectivity index is 1.55. The Hall–Kier alpha value is -3.33. The molecular formula is C20H20N2O6S. The topological polar surface area (TPSA) is 111 Å². The number of nitrogens with zero attached hydrogens (tertiary/aromatic N) is 2. The normalized spacial score (nSPS) is 10.8. The van der Waals surface area contributed by atoms with Crippen LogP contribution < -0.4 is 15.3 Å². The zero-order valence-electron chi connectivity index (χ0n) is 15.5. The van der Waals surface area contributed by atoms with Gasteiger partial charge in [-0.3, -0.25) is 4.79 Å². The number of aromatic carboxylic acids is 1. The second-order valence-electron chi connectivity index (χ2n) is 6.32. The first-order valence-electron chi connectivity index (χ1n) is 9.00. The minimum atomic E-state index is -1.27. The Bertz CT molecular complexity index is 1100. The molecule has 2 N–H and O–H groups in total. The van der Waals surface area contributed by atoms with Crippen LogP contribution in [0.5, 0.6) is 11.5 Å². The van der Waals surface area contributed by atoms with E-state index in [2.05, 4.69) is 0 Å². The highest BCUT2D eigenvalue weighted by Crippen LogP contribution is 2.27. The molecule has 3 aromatic rings. The number of carboxylic acid groups (broad SMARTS) is 1. The molecule has 0 bridgehead atoms. The number of unbranched alkanes of at least 4 members (excludes halogenated alkanes) is 1. The smallest absolute Gasteiger partial charge is 0.343 e. The fourth-order valence-electron chi connectivity index (χ4n) is 2.83. The number of benzene rings is 2. The molecule has 0 saturated carbocycles. The highest BCUT2D eigenvalue weighted by Gasteiger charge is 2.16. The van der Waals surface area contributed by atoms with Crippen LogP contribution in [0.25, 0.3) is 0 Å². The molecular weight excluding hydrogens is 396 g/mol. The second-order valence-corrected chi connectivity index (χ2v) is 7.30. The van der Waals surface area contributed by atoms with Gasteiger partial charge in [0.05, 0.1) is 13.2 Å². The van der Waals surface area contributed by atoms with Gasteiger partial charge in [-0.25, -0.2) is 18.1 Å². The quantitative estimate of drug-likeness (QED) is 0.518. The van der Waals surface area contributed by atoms with Crippen LogP contribution in [0.15, 0.2) is 58.1 Å². The molecule has 8 nitrogen and oxygen atoms in total. The monoisotopic (exact) mass is 416 g/mol. The third-order valence-electron chi connectivity index (χ3n) is 4.27. The summed E-state index contributed by atoms with van der Waals surface area (Å²) in [6.07, 6.45) is 1.12. The van der Waals surface area contributed by atoms with Gasteiger partial charge in [-0.15, -0.1) is 0 Å². The van der Waals surface area contributed by atoms with Crippen molar-refractivity contribution >= 4 is 17.5 Å². The number of carbonyl (C=O) groups is 1. The fraction of sp³-hybridized carbons (Fsp3) is 0.250. The predicted octanol–water partition coefficient (Wildman–Crippen LogP) is 2.38. The predicted molar refractivity (Wildman–Crippen MR) is 108 cm³/mol. The molecule has 0 aliphatic heterocycles.